The van der Waals surface area contributed by atoms with E-state index in [1.807, 2.05) is 12.1 Å². The van der Waals surface area contributed by atoms with Crippen LogP contribution in [0, 0.1) is 24.1 Å². The van der Waals surface area contributed by atoms with E-state index in [9.17, 15) is 14.3 Å². The molecule has 1 aromatic heterocycles. The molecule has 0 saturated carbocycles. The molecule has 0 radical (unpaired) electrons. The second kappa shape index (κ2) is 11.5. The summed E-state index contributed by atoms with van der Waals surface area (Å²) in [5.74, 6) is -0.998. The molecule has 1 saturated heterocycles. The molecule has 1 fully saturated rings. The van der Waals surface area contributed by atoms with Gasteiger partial charge in [-0.2, -0.15) is 14.9 Å². The number of aliphatic hydroxyl groups is 1. The van der Waals surface area contributed by atoms with Crippen LogP contribution in [0.5, 0.6) is 0 Å². The van der Waals surface area contributed by atoms with Gasteiger partial charge in [0.05, 0.1) is 11.7 Å². The summed E-state index contributed by atoms with van der Waals surface area (Å²) in [6, 6.07) is 11.5. The minimum absolute atomic E-state index is 0.0936. The number of Topliss-reactive ketones (excluding diaryl/α,β-unsaturated/α-hetero) is 1. The third-order valence-electron chi connectivity index (χ3n) is 5.95. The number of halogens is 1. The maximum Gasteiger partial charge on any atom is 0.223 e. The first-order valence-electron chi connectivity index (χ1n) is 10.3. The highest BCUT2D eigenvalue weighted by molar-refractivity contribution is 5.97. The van der Waals surface area contributed by atoms with Crippen LogP contribution in [0.4, 0.5) is 4.39 Å². The predicted molar refractivity (Wildman–Crippen MR) is 112 cm³/mol. The Hall–Kier alpha value is -3.03. The molecule has 0 spiro atoms. The molecule has 1 aliphatic carbocycles. The van der Waals surface area contributed by atoms with Gasteiger partial charge in [0.15, 0.2) is 5.78 Å². The average Bonchev–Trinajstić information content (AvgIpc) is 2.83. The van der Waals surface area contributed by atoms with Gasteiger partial charge in [0.25, 0.3) is 0 Å². The highest BCUT2D eigenvalue weighted by Crippen LogP contribution is 2.29. The lowest BCUT2D eigenvalue weighted by atomic mass is 9.83. The fourth-order valence-corrected chi connectivity index (χ4v) is 4.37. The second-order valence-electron chi connectivity index (χ2n) is 7.71. The van der Waals surface area contributed by atoms with Crippen molar-refractivity contribution in [2.45, 2.75) is 37.8 Å². The van der Waals surface area contributed by atoms with Gasteiger partial charge in [0.2, 0.25) is 18.2 Å². The highest BCUT2D eigenvalue weighted by atomic mass is 19.1. The molecule has 1 aromatic carbocycles. The van der Waals surface area contributed by atoms with Gasteiger partial charge in [-0.1, -0.05) is 24.3 Å². The van der Waals surface area contributed by atoms with Crippen molar-refractivity contribution in [3.63, 3.8) is 0 Å². The Kier molecular flexibility index (Phi) is 8.53. The number of carbonyl (C=O) groups excluding carboxylic acids is 1. The van der Waals surface area contributed by atoms with Crippen LogP contribution in [0.15, 0.2) is 42.6 Å². The van der Waals surface area contributed by atoms with Crippen molar-refractivity contribution in [2.24, 2.45) is 5.92 Å². The van der Waals surface area contributed by atoms with Crippen molar-refractivity contribution in [1.82, 2.24) is 9.88 Å². The van der Waals surface area contributed by atoms with Crippen LogP contribution < -0.4 is 0 Å². The van der Waals surface area contributed by atoms with Crippen molar-refractivity contribution < 1.29 is 34.6 Å². The van der Waals surface area contributed by atoms with Crippen LogP contribution in [0.1, 0.15) is 34.3 Å². The molecule has 3 N–H and O–H groups in total. The predicted octanol–water partition coefficient (Wildman–Crippen LogP) is 2.53. The van der Waals surface area contributed by atoms with E-state index in [4.69, 9.17) is 10.5 Å². The molecular weight excluding hydrogens is 419 g/mol. The van der Waals surface area contributed by atoms with Crippen molar-refractivity contribution in [3.8, 4) is 12.2 Å². The normalized spacial score (nSPS) is 20.6. The number of piperidine rings is 1. The maximum atomic E-state index is 13.8. The van der Waals surface area contributed by atoms with Gasteiger partial charge in [-0.25, -0.2) is 4.98 Å². The van der Waals surface area contributed by atoms with Crippen LogP contribution in [0.2, 0.25) is 0 Å². The van der Waals surface area contributed by atoms with Crippen LogP contribution >= 0.6 is 0 Å². The summed E-state index contributed by atoms with van der Waals surface area (Å²) in [6.45, 7) is 1.50. The highest BCUT2D eigenvalue weighted by Gasteiger charge is 2.35. The number of benzene rings is 1. The third kappa shape index (κ3) is 5.81. The molecule has 1 aliphatic heterocycles. The van der Waals surface area contributed by atoms with Crippen LogP contribution in [0.25, 0.3) is 0 Å². The van der Waals surface area contributed by atoms with Gasteiger partial charge in [-0.05, 0) is 55.6 Å². The van der Waals surface area contributed by atoms with Crippen LogP contribution in [-0.2, 0) is 22.6 Å². The Labute approximate surface area is 185 Å². The maximum absolute atomic E-state index is 13.8. The number of pyridine rings is 1. The van der Waals surface area contributed by atoms with Crippen LogP contribution in [-0.4, -0.2) is 56.5 Å². The molecular formula is C23H25FN2O6. The smallest absolute Gasteiger partial charge is 0.223 e. The van der Waals surface area contributed by atoms with Gasteiger partial charge in [0, 0.05) is 24.6 Å². The number of ketones is 1. The van der Waals surface area contributed by atoms with E-state index in [-0.39, 0.29) is 29.4 Å². The Morgan fingerprint density at radius 2 is 1.66 bits per heavy atom. The zero-order chi connectivity index (χ0) is 22.9. The number of aliphatic hydroxyl groups excluding tert-OH is 1. The molecule has 2 atom stereocenters. The molecule has 2 heterocycles. The van der Waals surface area contributed by atoms with Gasteiger partial charge in [0.1, 0.15) is 0 Å². The number of carbonyl (C=O) groups is 1. The van der Waals surface area contributed by atoms with Crippen molar-refractivity contribution >= 4 is 5.78 Å². The number of hydrogen-bond donors (Lipinski definition) is 3. The van der Waals surface area contributed by atoms with E-state index < -0.39 is 5.95 Å². The van der Waals surface area contributed by atoms with E-state index in [2.05, 4.69) is 31.8 Å². The van der Waals surface area contributed by atoms with E-state index in [1.165, 1.54) is 35.6 Å². The summed E-state index contributed by atoms with van der Waals surface area (Å²) in [5.41, 5.74) is 2.63. The molecule has 2 aromatic rings. The summed E-state index contributed by atoms with van der Waals surface area (Å²) >= 11 is 0. The van der Waals surface area contributed by atoms with E-state index in [0.29, 0.717) is 19.3 Å². The first kappa shape index (κ1) is 23.6. The number of nitrogens with zero attached hydrogens (tertiary/aromatic N) is 2. The lowest BCUT2D eigenvalue weighted by Crippen LogP contribution is -2.51. The Balaban J connectivity index is 0.000000427. The molecule has 4 rings (SSSR count). The average molecular weight is 444 g/mol. The Bertz CT molecular complexity index is 960. The van der Waals surface area contributed by atoms with Crippen molar-refractivity contribution in [3.05, 3.63) is 65.2 Å². The molecule has 32 heavy (non-hydrogen) atoms. The summed E-state index contributed by atoms with van der Waals surface area (Å²) in [6.07, 6.45) is 6.95. The van der Waals surface area contributed by atoms with E-state index in [1.54, 1.807) is 6.07 Å². The Morgan fingerprint density at radius 1 is 1.03 bits per heavy atom. The Morgan fingerprint density at radius 3 is 2.25 bits per heavy atom. The van der Waals surface area contributed by atoms with Crippen LogP contribution in [0.3, 0.4) is 0 Å². The molecule has 2 unspecified atom stereocenters. The quantitative estimate of drug-likeness (QED) is 0.218. The molecule has 0 bridgehead atoms. The summed E-state index contributed by atoms with van der Waals surface area (Å²) < 4.78 is 13.8. The topological polar surface area (TPSA) is 112 Å². The minimum atomic E-state index is -0.681. The van der Waals surface area contributed by atoms with E-state index in [0.717, 1.165) is 19.5 Å². The van der Waals surface area contributed by atoms with Gasteiger partial charge < -0.3 is 5.11 Å². The first-order chi connectivity index (χ1) is 15.5. The fraction of sp³-hybridized carbons (Fsp3) is 0.391. The third-order valence-corrected chi connectivity index (χ3v) is 5.95. The molecule has 0 amide bonds. The summed E-state index contributed by atoms with van der Waals surface area (Å²) in [4.78, 5) is 24.7. The van der Waals surface area contributed by atoms with Crippen molar-refractivity contribution in [2.75, 3.05) is 13.1 Å². The number of rotatable bonds is 3. The number of likely N-dealkylation sites (tertiary alicyclic amines) is 1. The minimum Gasteiger partial charge on any atom is -0.391 e. The molecule has 170 valence electrons. The number of fused-ring (bicyclic) bond motifs is 1. The molecule has 2 aliphatic rings. The lowest BCUT2D eigenvalue weighted by Gasteiger charge is -2.41. The van der Waals surface area contributed by atoms with Gasteiger partial charge in [-0.15, -0.1) is 0 Å². The second-order valence-corrected chi connectivity index (χ2v) is 7.71. The van der Waals surface area contributed by atoms with Gasteiger partial charge >= 0.3 is 0 Å². The van der Waals surface area contributed by atoms with E-state index >= 15 is 0 Å². The standard InChI is InChI=1S/C21H23FN2O2.C2H2O4/c22-21-17(6-3-9-23-21)20(26)14-7-10-24(11-8-14)18-12-15-4-1-2-5-16(15)13-19(18)25;3-5-1-2-6-4/h1-6,9,14,18-19,25H,7-8,10-13H2;3-4H. The molecule has 9 heteroatoms. The summed E-state index contributed by atoms with van der Waals surface area (Å²) in [7, 11) is 0. The fourth-order valence-electron chi connectivity index (χ4n) is 4.37. The number of hydrogen-bond acceptors (Lipinski definition) is 8. The zero-order valence-electron chi connectivity index (χ0n) is 17.4. The van der Waals surface area contributed by atoms with Gasteiger partial charge in [-0.3, -0.25) is 19.5 Å². The lowest BCUT2D eigenvalue weighted by molar-refractivity contribution is -0.188. The monoisotopic (exact) mass is 444 g/mol. The molecule has 8 nitrogen and oxygen atoms in total. The van der Waals surface area contributed by atoms with Crippen molar-refractivity contribution in [1.29, 1.82) is 0 Å². The first-order valence-corrected chi connectivity index (χ1v) is 10.3. The summed E-state index contributed by atoms with van der Waals surface area (Å²) in [5, 5.41) is 25.3. The number of aromatic nitrogens is 1. The zero-order valence-corrected chi connectivity index (χ0v) is 17.4. The SMILES string of the molecule is O=C(c1cccnc1F)C1CCN(C2Cc3ccccc3CC2O)CC1.OOC#COO. The largest absolute Gasteiger partial charge is 0.391 e.